The molecule has 1 aliphatic heterocycles. The number of nitrogens with one attached hydrogen (secondary N) is 1. The van der Waals surface area contributed by atoms with Crippen LogP contribution in [0.4, 0.5) is 0 Å². The summed E-state index contributed by atoms with van der Waals surface area (Å²) in [6.07, 6.45) is 3.91. The van der Waals surface area contributed by atoms with Gasteiger partial charge in [0.25, 0.3) is 5.91 Å². The van der Waals surface area contributed by atoms with Crippen LogP contribution >= 0.6 is 23.2 Å². The maximum Gasteiger partial charge on any atom is 0.273 e. The van der Waals surface area contributed by atoms with Crippen LogP contribution in [0, 0.1) is 0 Å². The Hall–Kier alpha value is -2.56. The fraction of sp³-hybridized carbons (Fsp3) is 0.100. The Balaban J connectivity index is 1.81. The summed E-state index contributed by atoms with van der Waals surface area (Å²) < 4.78 is 2.12. The van der Waals surface area contributed by atoms with Crippen LogP contribution in [0.25, 0.3) is 17.0 Å². The molecule has 1 aliphatic rings. The van der Waals surface area contributed by atoms with Crippen molar-refractivity contribution in [3.8, 4) is 0 Å². The van der Waals surface area contributed by atoms with Crippen molar-refractivity contribution >= 4 is 51.8 Å². The van der Waals surface area contributed by atoms with Crippen LogP contribution in [0.1, 0.15) is 18.1 Å². The number of amides is 1. The summed E-state index contributed by atoms with van der Waals surface area (Å²) in [4.78, 5) is 12.0. The minimum Gasteiger partial charge on any atom is -0.342 e. The molecule has 1 N–H and O–H groups in total. The number of hydrogen-bond acceptors (Lipinski definition) is 2. The Morgan fingerprint density at radius 2 is 2.00 bits per heavy atom. The highest BCUT2D eigenvalue weighted by atomic mass is 35.5. The van der Waals surface area contributed by atoms with Crippen LogP contribution in [-0.2, 0) is 11.3 Å². The molecule has 0 bridgehead atoms. The van der Waals surface area contributed by atoms with E-state index in [2.05, 4.69) is 21.2 Å². The minimum absolute atomic E-state index is 0.180. The fourth-order valence-corrected chi connectivity index (χ4v) is 3.57. The van der Waals surface area contributed by atoms with E-state index in [0.717, 1.165) is 22.0 Å². The predicted molar refractivity (Wildman–Crippen MR) is 107 cm³/mol. The molecule has 0 radical (unpaired) electrons. The van der Waals surface area contributed by atoms with Gasteiger partial charge in [-0.2, -0.15) is 5.10 Å². The average molecular weight is 384 g/mol. The number of hydrazone groups is 1. The van der Waals surface area contributed by atoms with Crippen LogP contribution in [0.15, 0.2) is 59.3 Å². The van der Waals surface area contributed by atoms with Gasteiger partial charge in [0.2, 0.25) is 0 Å². The Morgan fingerprint density at radius 3 is 2.73 bits per heavy atom. The third-order valence-electron chi connectivity index (χ3n) is 4.43. The first kappa shape index (κ1) is 16.9. The van der Waals surface area contributed by atoms with E-state index < -0.39 is 0 Å². The van der Waals surface area contributed by atoms with Gasteiger partial charge in [0.1, 0.15) is 0 Å². The van der Waals surface area contributed by atoms with Crippen molar-refractivity contribution in [2.75, 3.05) is 0 Å². The van der Waals surface area contributed by atoms with E-state index in [1.165, 1.54) is 0 Å². The highest BCUT2D eigenvalue weighted by Gasteiger charge is 2.19. The molecule has 1 amide bonds. The third kappa shape index (κ3) is 3.02. The lowest BCUT2D eigenvalue weighted by Crippen LogP contribution is -2.12. The molecule has 130 valence electrons. The predicted octanol–water partition coefficient (Wildman–Crippen LogP) is 4.89. The second-order valence-corrected chi connectivity index (χ2v) is 7.01. The lowest BCUT2D eigenvalue weighted by Gasteiger charge is -2.08. The van der Waals surface area contributed by atoms with E-state index in [1.54, 1.807) is 6.07 Å². The summed E-state index contributed by atoms with van der Waals surface area (Å²) in [5.41, 5.74) is 6.77. The number of para-hydroxylation sites is 1. The van der Waals surface area contributed by atoms with Gasteiger partial charge in [-0.05, 0) is 36.8 Å². The maximum atomic E-state index is 12.0. The molecule has 0 aliphatic carbocycles. The molecule has 2 aromatic carbocycles. The highest BCUT2D eigenvalue weighted by Crippen LogP contribution is 2.28. The molecule has 0 spiro atoms. The van der Waals surface area contributed by atoms with Crippen LogP contribution in [0.5, 0.6) is 0 Å². The summed E-state index contributed by atoms with van der Waals surface area (Å²) in [5.74, 6) is -0.180. The zero-order valence-electron chi connectivity index (χ0n) is 14.0. The monoisotopic (exact) mass is 383 g/mol. The first-order valence-corrected chi connectivity index (χ1v) is 8.87. The van der Waals surface area contributed by atoms with Crippen molar-refractivity contribution in [3.63, 3.8) is 0 Å². The number of nitrogens with zero attached hydrogens (tertiary/aromatic N) is 2. The van der Waals surface area contributed by atoms with Crippen molar-refractivity contribution in [2.45, 2.75) is 13.5 Å². The molecular weight excluding hydrogens is 369 g/mol. The van der Waals surface area contributed by atoms with Gasteiger partial charge in [-0.25, -0.2) is 5.43 Å². The largest absolute Gasteiger partial charge is 0.342 e. The molecule has 1 aromatic heterocycles. The van der Waals surface area contributed by atoms with E-state index in [1.807, 2.05) is 49.5 Å². The van der Waals surface area contributed by atoms with Crippen molar-refractivity contribution in [2.24, 2.45) is 5.10 Å². The second-order valence-electron chi connectivity index (χ2n) is 6.16. The second kappa shape index (κ2) is 6.63. The number of benzene rings is 2. The molecule has 0 saturated heterocycles. The Morgan fingerprint density at radius 1 is 1.19 bits per heavy atom. The van der Waals surface area contributed by atoms with E-state index in [0.29, 0.717) is 27.9 Å². The Kier molecular flexibility index (Phi) is 4.31. The summed E-state index contributed by atoms with van der Waals surface area (Å²) in [7, 11) is 0. The quantitative estimate of drug-likeness (QED) is 0.643. The minimum atomic E-state index is -0.180. The van der Waals surface area contributed by atoms with Gasteiger partial charge in [0.15, 0.2) is 0 Å². The molecule has 4 nitrogen and oxygen atoms in total. The molecule has 3 aromatic rings. The van der Waals surface area contributed by atoms with Gasteiger partial charge in [0, 0.05) is 39.3 Å². The van der Waals surface area contributed by atoms with Crippen LogP contribution in [0.3, 0.4) is 0 Å². The van der Waals surface area contributed by atoms with E-state index in [-0.39, 0.29) is 5.91 Å². The smallest absolute Gasteiger partial charge is 0.273 e. The van der Waals surface area contributed by atoms with Gasteiger partial charge in [-0.3, -0.25) is 4.79 Å². The number of halogens is 2. The van der Waals surface area contributed by atoms with Crippen LogP contribution in [-0.4, -0.2) is 16.2 Å². The van der Waals surface area contributed by atoms with Gasteiger partial charge in [0.05, 0.1) is 11.3 Å². The SMILES string of the molecule is CC1=NNC(=O)C1=Cc1cn(Cc2ccc(Cl)cc2Cl)c2ccccc12. The normalized spacial score (nSPS) is 15.6. The van der Waals surface area contributed by atoms with Gasteiger partial charge in [-0.15, -0.1) is 0 Å². The number of carbonyl (C=O) groups excluding carboxylic acids is 1. The number of aromatic nitrogens is 1. The number of rotatable bonds is 3. The molecule has 4 rings (SSSR count). The van der Waals surface area contributed by atoms with Crippen LogP contribution < -0.4 is 5.43 Å². The Bertz CT molecular complexity index is 1100. The zero-order valence-corrected chi connectivity index (χ0v) is 15.5. The molecule has 0 atom stereocenters. The van der Waals surface area contributed by atoms with Gasteiger partial charge < -0.3 is 4.57 Å². The Labute approximate surface area is 160 Å². The molecule has 2 heterocycles. The van der Waals surface area contributed by atoms with Gasteiger partial charge in [-0.1, -0.05) is 47.5 Å². The molecule has 0 unspecified atom stereocenters. The van der Waals surface area contributed by atoms with Gasteiger partial charge >= 0.3 is 0 Å². The standard InChI is InChI=1S/C20H15Cl2N3O/c1-12-17(20(26)24-23-12)8-14-11-25(19-5-3-2-4-16(14)19)10-13-6-7-15(21)9-18(13)22/h2-9,11H,10H2,1H3,(H,24,26). The van der Waals surface area contributed by atoms with E-state index >= 15 is 0 Å². The summed E-state index contributed by atoms with van der Waals surface area (Å²) >= 11 is 12.3. The van der Waals surface area contributed by atoms with Crippen molar-refractivity contribution in [1.82, 2.24) is 9.99 Å². The fourth-order valence-electron chi connectivity index (χ4n) is 3.10. The first-order chi connectivity index (χ1) is 12.5. The van der Waals surface area contributed by atoms with E-state index in [9.17, 15) is 4.79 Å². The summed E-state index contributed by atoms with van der Waals surface area (Å²) in [5, 5.41) is 6.30. The topological polar surface area (TPSA) is 46.4 Å². The number of hydrogen-bond donors (Lipinski definition) is 1. The molecule has 6 heteroatoms. The summed E-state index contributed by atoms with van der Waals surface area (Å²) in [6, 6.07) is 13.6. The molecular formula is C20H15Cl2N3O. The zero-order chi connectivity index (χ0) is 18.3. The lowest BCUT2D eigenvalue weighted by molar-refractivity contribution is -0.116. The van der Waals surface area contributed by atoms with Crippen molar-refractivity contribution in [1.29, 1.82) is 0 Å². The van der Waals surface area contributed by atoms with Crippen LogP contribution in [0.2, 0.25) is 10.0 Å². The maximum absolute atomic E-state index is 12.0. The molecule has 0 saturated carbocycles. The highest BCUT2D eigenvalue weighted by molar-refractivity contribution is 6.35. The molecule has 0 fully saturated rings. The average Bonchev–Trinajstić information content (AvgIpc) is 3.13. The van der Waals surface area contributed by atoms with Crippen molar-refractivity contribution < 1.29 is 4.79 Å². The first-order valence-electron chi connectivity index (χ1n) is 8.11. The third-order valence-corrected chi connectivity index (χ3v) is 5.02. The lowest BCUT2D eigenvalue weighted by atomic mass is 10.1. The summed E-state index contributed by atoms with van der Waals surface area (Å²) in [6.45, 7) is 2.43. The number of fused-ring (bicyclic) bond motifs is 1. The number of carbonyl (C=O) groups is 1. The van der Waals surface area contributed by atoms with E-state index in [4.69, 9.17) is 23.2 Å². The van der Waals surface area contributed by atoms with Crippen molar-refractivity contribution in [3.05, 3.63) is 75.4 Å². The molecule has 26 heavy (non-hydrogen) atoms.